The van der Waals surface area contributed by atoms with Crippen LogP contribution < -0.4 is 0 Å². The van der Waals surface area contributed by atoms with E-state index in [1.54, 1.807) is 0 Å². The van der Waals surface area contributed by atoms with Gasteiger partial charge in [-0.1, -0.05) is 57.5 Å². The summed E-state index contributed by atoms with van der Waals surface area (Å²) in [5.74, 6) is -0.746. The van der Waals surface area contributed by atoms with E-state index in [1.165, 1.54) is 40.7 Å². The molecule has 27 heavy (non-hydrogen) atoms. The van der Waals surface area contributed by atoms with Crippen LogP contribution >= 0.6 is 0 Å². The summed E-state index contributed by atoms with van der Waals surface area (Å²) in [7, 11) is 0. The predicted molar refractivity (Wildman–Crippen MR) is 111 cm³/mol. The van der Waals surface area contributed by atoms with E-state index in [1.807, 2.05) is 18.2 Å². The van der Waals surface area contributed by atoms with Crippen molar-refractivity contribution in [3.05, 3.63) is 58.1 Å². The summed E-state index contributed by atoms with van der Waals surface area (Å²) >= 11 is 0. The number of carboxylic acids is 1. The highest BCUT2D eigenvalue weighted by Gasteiger charge is 2.29. The minimum Gasteiger partial charge on any atom is -0.481 e. The predicted octanol–water partition coefficient (Wildman–Crippen LogP) is 5.22. The largest absolute Gasteiger partial charge is 0.481 e. The first kappa shape index (κ1) is 19.6. The maximum atomic E-state index is 11.7. The van der Waals surface area contributed by atoms with Gasteiger partial charge >= 0.3 is 5.97 Å². The van der Waals surface area contributed by atoms with E-state index in [2.05, 4.69) is 37.8 Å². The fraction of sp³-hybridized carbons (Fsp3) is 0.458. The van der Waals surface area contributed by atoms with Gasteiger partial charge in [0.2, 0.25) is 0 Å². The van der Waals surface area contributed by atoms with Gasteiger partial charge in [0.15, 0.2) is 0 Å². The van der Waals surface area contributed by atoms with Crippen LogP contribution in [0, 0.1) is 0 Å². The number of carbonyl (C=O) groups is 1. The molecular formula is C24H31NO2. The zero-order chi connectivity index (χ0) is 19.4. The Morgan fingerprint density at radius 3 is 2.15 bits per heavy atom. The Morgan fingerprint density at radius 1 is 0.963 bits per heavy atom. The molecule has 0 radical (unpaired) electrons. The quantitative estimate of drug-likeness (QED) is 0.697. The number of fused-ring (bicyclic) bond motifs is 1. The molecule has 3 heteroatoms. The van der Waals surface area contributed by atoms with Crippen LogP contribution in [0.15, 0.2) is 30.3 Å². The lowest BCUT2D eigenvalue weighted by Crippen LogP contribution is -2.17. The normalized spacial score (nSPS) is 13.7. The maximum Gasteiger partial charge on any atom is 0.307 e. The molecule has 3 rings (SSSR count). The van der Waals surface area contributed by atoms with Gasteiger partial charge in [-0.2, -0.15) is 0 Å². The number of unbranched alkanes of at least 4 members (excludes halogenated alkanes) is 1. The van der Waals surface area contributed by atoms with Gasteiger partial charge < -0.3 is 5.11 Å². The Kier molecular flexibility index (Phi) is 6.33. The van der Waals surface area contributed by atoms with Crippen LogP contribution in [0.25, 0.3) is 11.1 Å². The van der Waals surface area contributed by atoms with Gasteiger partial charge in [0.1, 0.15) is 0 Å². The molecule has 0 fully saturated rings. The van der Waals surface area contributed by atoms with E-state index in [0.29, 0.717) is 0 Å². The highest BCUT2D eigenvalue weighted by Crippen LogP contribution is 2.40. The average molecular weight is 366 g/mol. The molecule has 3 nitrogen and oxygen atoms in total. The Morgan fingerprint density at radius 2 is 1.59 bits per heavy atom. The van der Waals surface area contributed by atoms with Crippen LogP contribution in [0.1, 0.15) is 61.4 Å². The maximum absolute atomic E-state index is 11.7. The molecular weight excluding hydrogens is 334 g/mol. The van der Waals surface area contributed by atoms with Crippen LogP contribution in [-0.4, -0.2) is 22.5 Å². The smallest absolute Gasteiger partial charge is 0.307 e. The Bertz CT molecular complexity index is 811. The molecule has 144 valence electrons. The second-order valence-electron chi connectivity index (χ2n) is 7.48. The number of carboxylic acid groups (broad SMARTS) is 1. The molecule has 0 amide bonds. The molecule has 0 spiro atoms. The van der Waals surface area contributed by atoms with Crippen LogP contribution in [0.3, 0.4) is 0 Å². The highest BCUT2D eigenvalue weighted by molar-refractivity contribution is 5.81. The third kappa shape index (κ3) is 3.93. The molecule has 2 aromatic carbocycles. The molecule has 1 heterocycles. The average Bonchev–Trinajstić information content (AvgIpc) is 3.09. The van der Waals surface area contributed by atoms with E-state index in [9.17, 15) is 9.90 Å². The third-order valence-electron chi connectivity index (χ3n) is 5.75. The van der Waals surface area contributed by atoms with Gasteiger partial charge in [-0.3, -0.25) is 9.69 Å². The summed E-state index contributed by atoms with van der Waals surface area (Å²) in [6.45, 7) is 9.68. The highest BCUT2D eigenvalue weighted by atomic mass is 16.4. The van der Waals surface area contributed by atoms with Gasteiger partial charge in [0.25, 0.3) is 0 Å². The van der Waals surface area contributed by atoms with E-state index in [4.69, 9.17) is 0 Å². The standard InChI is InChI=1S/C24H31NO2/c1-4-7-13-25-15-21-18(5-2)20(14-23(26)27)24(17-11-9-8-10-12-17)19(6-3)22(21)16-25/h8-12H,4-7,13-16H2,1-3H3,(H,26,27). The second kappa shape index (κ2) is 8.71. The number of hydrogen-bond donors (Lipinski definition) is 1. The molecule has 1 N–H and O–H groups in total. The monoisotopic (exact) mass is 365 g/mol. The molecule has 2 aromatic rings. The summed E-state index contributed by atoms with van der Waals surface area (Å²) in [5, 5.41) is 9.63. The van der Waals surface area contributed by atoms with Gasteiger partial charge in [-0.05, 0) is 64.8 Å². The van der Waals surface area contributed by atoms with Crippen molar-refractivity contribution in [3.8, 4) is 11.1 Å². The fourth-order valence-electron chi connectivity index (χ4n) is 4.57. The lowest BCUT2D eigenvalue weighted by molar-refractivity contribution is -0.136. The lowest BCUT2D eigenvalue weighted by atomic mass is 9.81. The Hall–Kier alpha value is -2.13. The first-order chi connectivity index (χ1) is 13.1. The van der Waals surface area contributed by atoms with E-state index in [0.717, 1.165) is 43.6 Å². The minimum absolute atomic E-state index is 0.0998. The van der Waals surface area contributed by atoms with Crippen molar-refractivity contribution >= 4 is 5.97 Å². The van der Waals surface area contributed by atoms with Gasteiger partial charge in [0, 0.05) is 13.1 Å². The summed E-state index contributed by atoms with van der Waals surface area (Å²) in [6, 6.07) is 10.4. The summed E-state index contributed by atoms with van der Waals surface area (Å²) < 4.78 is 0. The van der Waals surface area contributed by atoms with E-state index >= 15 is 0 Å². The van der Waals surface area contributed by atoms with Crippen LogP contribution in [0.5, 0.6) is 0 Å². The second-order valence-corrected chi connectivity index (χ2v) is 7.48. The molecule has 0 saturated heterocycles. The third-order valence-corrected chi connectivity index (χ3v) is 5.75. The first-order valence-corrected chi connectivity index (χ1v) is 10.3. The fourth-order valence-corrected chi connectivity index (χ4v) is 4.57. The number of aliphatic carboxylic acids is 1. The van der Waals surface area contributed by atoms with Crippen LogP contribution in [-0.2, 0) is 37.1 Å². The molecule has 0 aromatic heterocycles. The lowest BCUT2D eigenvalue weighted by Gasteiger charge is -2.22. The summed E-state index contributed by atoms with van der Waals surface area (Å²) in [5.41, 5.74) is 8.83. The van der Waals surface area contributed by atoms with Gasteiger partial charge in [-0.15, -0.1) is 0 Å². The van der Waals surface area contributed by atoms with E-state index in [-0.39, 0.29) is 6.42 Å². The number of rotatable bonds is 8. The van der Waals surface area contributed by atoms with Gasteiger partial charge in [0.05, 0.1) is 6.42 Å². The number of nitrogens with zero attached hydrogens (tertiary/aromatic N) is 1. The van der Waals surface area contributed by atoms with Crippen molar-refractivity contribution in [2.45, 2.75) is 66.0 Å². The van der Waals surface area contributed by atoms with Crippen molar-refractivity contribution in [3.63, 3.8) is 0 Å². The molecule has 0 saturated carbocycles. The molecule has 1 aliphatic rings. The first-order valence-electron chi connectivity index (χ1n) is 10.3. The van der Waals surface area contributed by atoms with Crippen LogP contribution in [0.4, 0.5) is 0 Å². The van der Waals surface area contributed by atoms with Crippen molar-refractivity contribution in [1.82, 2.24) is 4.90 Å². The van der Waals surface area contributed by atoms with Crippen molar-refractivity contribution in [2.75, 3.05) is 6.54 Å². The zero-order valence-corrected chi connectivity index (χ0v) is 16.8. The SMILES string of the molecule is CCCCN1Cc2c(c(CC)c(-c3ccccc3)c(CC(=O)O)c2CC)C1. The molecule has 0 unspecified atom stereocenters. The molecule has 0 bridgehead atoms. The van der Waals surface area contributed by atoms with Crippen molar-refractivity contribution in [2.24, 2.45) is 0 Å². The Labute approximate surface area is 163 Å². The van der Waals surface area contributed by atoms with E-state index < -0.39 is 5.97 Å². The molecule has 1 aliphatic heterocycles. The molecule has 0 aliphatic carbocycles. The number of benzene rings is 2. The van der Waals surface area contributed by atoms with Crippen molar-refractivity contribution in [1.29, 1.82) is 0 Å². The molecule has 0 atom stereocenters. The number of hydrogen-bond acceptors (Lipinski definition) is 2. The summed E-state index contributed by atoms with van der Waals surface area (Å²) in [6.07, 6.45) is 4.34. The summed E-state index contributed by atoms with van der Waals surface area (Å²) in [4.78, 5) is 14.2. The van der Waals surface area contributed by atoms with Crippen LogP contribution in [0.2, 0.25) is 0 Å². The van der Waals surface area contributed by atoms with Crippen molar-refractivity contribution < 1.29 is 9.90 Å². The Balaban J connectivity index is 2.22. The minimum atomic E-state index is -0.746. The zero-order valence-electron chi connectivity index (χ0n) is 16.8. The van der Waals surface area contributed by atoms with Gasteiger partial charge in [-0.25, -0.2) is 0 Å². The topological polar surface area (TPSA) is 40.5 Å².